The van der Waals surface area contributed by atoms with Gasteiger partial charge in [-0.1, -0.05) is 43.7 Å². The summed E-state index contributed by atoms with van der Waals surface area (Å²) in [5.41, 5.74) is 3.65. The van der Waals surface area contributed by atoms with Crippen LogP contribution in [0, 0.1) is 0 Å². The van der Waals surface area contributed by atoms with Gasteiger partial charge in [0.25, 0.3) is 5.56 Å². The van der Waals surface area contributed by atoms with Crippen LogP contribution in [0.4, 0.5) is 0 Å². The zero-order chi connectivity index (χ0) is 23.3. The summed E-state index contributed by atoms with van der Waals surface area (Å²) in [5, 5.41) is 9.86. The average molecular weight is 444 g/mol. The maximum Gasteiger partial charge on any atom is 0.332 e. The van der Waals surface area contributed by atoms with Crippen molar-refractivity contribution in [3.63, 3.8) is 0 Å². The maximum atomic E-state index is 13.3. The molecule has 0 aliphatic heterocycles. The zero-order valence-corrected chi connectivity index (χ0v) is 18.8. The molecule has 0 saturated carbocycles. The van der Waals surface area contributed by atoms with Gasteiger partial charge in [-0.05, 0) is 37.1 Å². The van der Waals surface area contributed by atoms with E-state index in [9.17, 15) is 14.7 Å². The van der Waals surface area contributed by atoms with E-state index in [4.69, 9.17) is 4.98 Å². The Morgan fingerprint density at radius 2 is 1.64 bits per heavy atom. The SMILES string of the molecule is CCCCc1c(-c2ccccc2)n(-c2ccc(O)cc2)c2nc3c(c(=O)n(C)c(=O)n3C)n12. The fraction of sp³-hybridized carbons (Fsp3) is 0.240. The van der Waals surface area contributed by atoms with Crippen molar-refractivity contribution in [1.82, 2.24) is 23.1 Å². The lowest BCUT2D eigenvalue weighted by atomic mass is 10.1. The van der Waals surface area contributed by atoms with Crippen molar-refractivity contribution in [3.05, 3.63) is 81.1 Å². The van der Waals surface area contributed by atoms with Crippen molar-refractivity contribution in [3.8, 4) is 22.7 Å². The van der Waals surface area contributed by atoms with Crippen molar-refractivity contribution >= 4 is 16.9 Å². The van der Waals surface area contributed by atoms with Crippen LogP contribution in [0.3, 0.4) is 0 Å². The number of hydrogen-bond acceptors (Lipinski definition) is 4. The summed E-state index contributed by atoms with van der Waals surface area (Å²) in [7, 11) is 3.12. The Balaban J connectivity index is 2.03. The molecule has 0 radical (unpaired) electrons. The molecule has 3 heterocycles. The molecule has 0 fully saturated rings. The number of aryl methyl sites for hydroxylation is 2. The molecular weight excluding hydrogens is 418 g/mol. The van der Waals surface area contributed by atoms with E-state index >= 15 is 0 Å². The Bertz CT molecular complexity index is 1600. The number of unbranched alkanes of at least 4 members (excludes halogenated alkanes) is 1. The van der Waals surface area contributed by atoms with Gasteiger partial charge in [-0.2, -0.15) is 4.98 Å². The second kappa shape index (κ2) is 7.81. The predicted octanol–water partition coefficient (Wildman–Crippen LogP) is 3.39. The van der Waals surface area contributed by atoms with E-state index in [1.807, 2.05) is 51.4 Å². The zero-order valence-electron chi connectivity index (χ0n) is 18.8. The molecule has 0 saturated heterocycles. The Morgan fingerprint density at radius 1 is 0.939 bits per heavy atom. The van der Waals surface area contributed by atoms with Gasteiger partial charge in [0.15, 0.2) is 11.2 Å². The number of rotatable bonds is 5. The number of phenols is 1. The van der Waals surface area contributed by atoms with Crippen molar-refractivity contribution in [2.24, 2.45) is 14.1 Å². The van der Waals surface area contributed by atoms with E-state index in [1.165, 1.54) is 11.6 Å². The fourth-order valence-corrected chi connectivity index (χ4v) is 4.44. The van der Waals surface area contributed by atoms with Crippen LogP contribution >= 0.6 is 0 Å². The molecule has 0 bridgehead atoms. The first kappa shape index (κ1) is 20.8. The first-order valence-electron chi connectivity index (χ1n) is 11.0. The molecular formula is C25H25N5O3. The Morgan fingerprint density at radius 3 is 2.30 bits per heavy atom. The number of aromatic nitrogens is 5. The Kier molecular flexibility index (Phi) is 4.92. The first-order valence-corrected chi connectivity index (χ1v) is 11.0. The minimum Gasteiger partial charge on any atom is -0.508 e. The first-order chi connectivity index (χ1) is 15.9. The van der Waals surface area contributed by atoms with E-state index in [-0.39, 0.29) is 11.3 Å². The molecule has 33 heavy (non-hydrogen) atoms. The second-order valence-corrected chi connectivity index (χ2v) is 8.24. The van der Waals surface area contributed by atoms with E-state index in [1.54, 1.807) is 19.2 Å². The minimum absolute atomic E-state index is 0.166. The third kappa shape index (κ3) is 3.09. The van der Waals surface area contributed by atoms with Crippen molar-refractivity contribution in [2.45, 2.75) is 26.2 Å². The molecule has 0 amide bonds. The maximum absolute atomic E-state index is 13.3. The monoisotopic (exact) mass is 443 g/mol. The van der Waals surface area contributed by atoms with Crippen LogP contribution in [0.15, 0.2) is 64.2 Å². The lowest BCUT2D eigenvalue weighted by Gasteiger charge is -2.12. The van der Waals surface area contributed by atoms with Crippen molar-refractivity contribution in [1.29, 1.82) is 0 Å². The molecule has 0 atom stereocenters. The summed E-state index contributed by atoms with van der Waals surface area (Å²) < 4.78 is 6.45. The highest BCUT2D eigenvalue weighted by molar-refractivity contribution is 5.81. The average Bonchev–Trinajstić information content (AvgIpc) is 3.36. The number of aromatic hydroxyl groups is 1. The summed E-state index contributed by atoms with van der Waals surface area (Å²) >= 11 is 0. The standard InChI is InChI=1S/C25H25N5O3/c1-4-5-11-19-20(16-9-7-6-8-10-16)29(17-12-14-18(31)15-13-17)24-26-22-21(30(19)24)23(32)28(3)25(33)27(22)2/h6-10,12-15,31H,4-5,11H2,1-3H3. The largest absolute Gasteiger partial charge is 0.508 e. The lowest BCUT2D eigenvalue weighted by Crippen LogP contribution is -2.37. The third-order valence-electron chi connectivity index (χ3n) is 6.13. The third-order valence-corrected chi connectivity index (χ3v) is 6.13. The number of phenolic OH excluding ortho intramolecular Hbond substituents is 1. The van der Waals surface area contributed by atoms with Gasteiger partial charge in [-0.25, -0.2) is 4.79 Å². The van der Waals surface area contributed by atoms with Gasteiger partial charge in [-0.3, -0.25) is 22.9 Å². The molecule has 2 aromatic carbocycles. The van der Waals surface area contributed by atoms with Crippen LogP contribution in [-0.2, 0) is 20.5 Å². The van der Waals surface area contributed by atoms with Crippen LogP contribution in [0.25, 0.3) is 33.9 Å². The van der Waals surface area contributed by atoms with Crippen LogP contribution in [-0.4, -0.2) is 28.2 Å². The smallest absolute Gasteiger partial charge is 0.332 e. The fourth-order valence-electron chi connectivity index (χ4n) is 4.44. The Labute approximate surface area is 189 Å². The van der Waals surface area contributed by atoms with Gasteiger partial charge in [-0.15, -0.1) is 0 Å². The number of imidazole rings is 2. The van der Waals surface area contributed by atoms with Crippen LogP contribution in [0.5, 0.6) is 5.75 Å². The van der Waals surface area contributed by atoms with Gasteiger partial charge in [0, 0.05) is 25.3 Å². The summed E-state index contributed by atoms with van der Waals surface area (Å²) in [6.45, 7) is 2.13. The van der Waals surface area contributed by atoms with Crippen molar-refractivity contribution < 1.29 is 5.11 Å². The highest BCUT2D eigenvalue weighted by Crippen LogP contribution is 2.34. The van der Waals surface area contributed by atoms with E-state index < -0.39 is 5.69 Å². The molecule has 0 unspecified atom stereocenters. The summed E-state index contributed by atoms with van der Waals surface area (Å²) in [4.78, 5) is 30.7. The summed E-state index contributed by atoms with van der Waals surface area (Å²) in [6.07, 6.45) is 2.66. The van der Waals surface area contributed by atoms with E-state index in [0.29, 0.717) is 16.9 Å². The van der Waals surface area contributed by atoms with Gasteiger partial charge in [0.05, 0.1) is 11.4 Å². The molecule has 3 aromatic heterocycles. The summed E-state index contributed by atoms with van der Waals surface area (Å²) in [5.74, 6) is 0.720. The van der Waals surface area contributed by atoms with Gasteiger partial charge >= 0.3 is 5.69 Å². The van der Waals surface area contributed by atoms with Gasteiger partial charge in [0.2, 0.25) is 5.78 Å². The second-order valence-electron chi connectivity index (χ2n) is 8.24. The molecule has 168 valence electrons. The minimum atomic E-state index is -0.414. The molecule has 0 spiro atoms. The quantitative estimate of drug-likeness (QED) is 0.451. The predicted molar refractivity (Wildman–Crippen MR) is 128 cm³/mol. The van der Waals surface area contributed by atoms with Crippen LogP contribution < -0.4 is 11.2 Å². The van der Waals surface area contributed by atoms with E-state index in [2.05, 4.69) is 6.92 Å². The van der Waals surface area contributed by atoms with Crippen molar-refractivity contribution in [2.75, 3.05) is 0 Å². The van der Waals surface area contributed by atoms with Crippen LogP contribution in [0.1, 0.15) is 25.5 Å². The molecule has 0 aliphatic rings. The topological polar surface area (TPSA) is 86.5 Å². The summed E-state index contributed by atoms with van der Waals surface area (Å²) in [6, 6.07) is 16.9. The molecule has 0 aliphatic carbocycles. The van der Waals surface area contributed by atoms with E-state index in [0.717, 1.165) is 46.5 Å². The number of nitrogens with zero attached hydrogens (tertiary/aromatic N) is 5. The lowest BCUT2D eigenvalue weighted by molar-refractivity contribution is 0.475. The molecule has 8 heteroatoms. The molecule has 5 rings (SSSR count). The molecule has 5 aromatic rings. The molecule has 1 N–H and O–H groups in total. The molecule has 8 nitrogen and oxygen atoms in total. The Hall–Kier alpha value is -4.07. The number of fused-ring (bicyclic) bond motifs is 3. The number of hydrogen-bond donors (Lipinski definition) is 1. The van der Waals surface area contributed by atoms with Crippen LogP contribution in [0.2, 0.25) is 0 Å². The highest BCUT2D eigenvalue weighted by Gasteiger charge is 2.26. The number of benzene rings is 2. The highest BCUT2D eigenvalue weighted by atomic mass is 16.3. The van der Waals surface area contributed by atoms with Gasteiger partial charge in [0.1, 0.15) is 5.75 Å². The normalized spacial score (nSPS) is 11.6. The van der Waals surface area contributed by atoms with Gasteiger partial charge < -0.3 is 5.11 Å².